The highest BCUT2D eigenvalue weighted by atomic mass is 35.5. The van der Waals surface area contributed by atoms with E-state index in [2.05, 4.69) is 4.98 Å². The highest BCUT2D eigenvalue weighted by Crippen LogP contribution is 2.42. The molecule has 8 heteroatoms. The SMILES string of the molecule is NC(C(=O)O)c1csc(-c2cc(Cl)c3c(c2)OCO3)n1. The number of nitrogens with zero attached hydrogens (tertiary/aromatic N) is 1. The number of ether oxygens (including phenoxy) is 2. The van der Waals surface area contributed by atoms with Crippen LogP contribution in [-0.4, -0.2) is 22.9 Å². The van der Waals surface area contributed by atoms with Crippen LogP contribution < -0.4 is 15.2 Å². The van der Waals surface area contributed by atoms with Gasteiger partial charge in [0.15, 0.2) is 11.5 Å². The normalized spacial score (nSPS) is 14.3. The maximum atomic E-state index is 10.8. The molecule has 6 nitrogen and oxygen atoms in total. The van der Waals surface area contributed by atoms with E-state index in [1.165, 1.54) is 11.3 Å². The molecule has 1 unspecified atom stereocenters. The van der Waals surface area contributed by atoms with Gasteiger partial charge < -0.3 is 20.3 Å². The molecule has 0 spiro atoms. The number of hydrogen-bond acceptors (Lipinski definition) is 6. The number of aromatic nitrogens is 1. The summed E-state index contributed by atoms with van der Waals surface area (Å²) in [5, 5.41) is 11.5. The standard InChI is InChI=1S/C12H9ClN2O4S/c13-6-1-5(2-8-10(6)19-4-18-8)11-15-7(3-20-11)9(14)12(16)17/h1-3,9H,4,14H2,(H,16,17). The van der Waals surface area contributed by atoms with Gasteiger partial charge in [-0.2, -0.15) is 0 Å². The molecular weight excluding hydrogens is 304 g/mol. The number of rotatable bonds is 3. The number of nitrogens with two attached hydrogens (primary N) is 1. The maximum absolute atomic E-state index is 10.8. The molecule has 1 aliphatic heterocycles. The van der Waals surface area contributed by atoms with Crippen molar-refractivity contribution < 1.29 is 19.4 Å². The monoisotopic (exact) mass is 312 g/mol. The molecule has 2 aromatic rings. The first kappa shape index (κ1) is 13.2. The Morgan fingerprint density at radius 2 is 2.30 bits per heavy atom. The summed E-state index contributed by atoms with van der Waals surface area (Å²) in [5.74, 6) is -0.0632. The number of carboxylic acid groups (broad SMARTS) is 1. The summed E-state index contributed by atoms with van der Waals surface area (Å²) in [4.78, 5) is 15.1. The third-order valence-electron chi connectivity index (χ3n) is 2.78. The molecule has 0 saturated carbocycles. The van der Waals surface area contributed by atoms with E-state index in [9.17, 15) is 4.79 Å². The van der Waals surface area contributed by atoms with Gasteiger partial charge in [-0.3, -0.25) is 4.79 Å². The lowest BCUT2D eigenvalue weighted by molar-refractivity contribution is -0.138. The van der Waals surface area contributed by atoms with Gasteiger partial charge in [0.2, 0.25) is 6.79 Å². The van der Waals surface area contributed by atoms with E-state index in [-0.39, 0.29) is 6.79 Å². The molecule has 0 radical (unpaired) electrons. The Morgan fingerprint density at radius 3 is 3.05 bits per heavy atom. The number of aliphatic carboxylic acids is 1. The second-order valence-corrected chi connectivity index (χ2v) is 5.35. The number of benzene rings is 1. The van der Waals surface area contributed by atoms with E-state index in [1.54, 1.807) is 17.5 Å². The fraction of sp³-hybridized carbons (Fsp3) is 0.167. The molecule has 3 rings (SSSR count). The number of carboxylic acids is 1. The third kappa shape index (κ3) is 2.20. The van der Waals surface area contributed by atoms with Crippen LogP contribution >= 0.6 is 22.9 Å². The van der Waals surface area contributed by atoms with Crippen LogP contribution in [0.25, 0.3) is 10.6 Å². The topological polar surface area (TPSA) is 94.7 Å². The first-order valence-corrected chi connectivity index (χ1v) is 6.85. The van der Waals surface area contributed by atoms with Crippen molar-refractivity contribution in [2.24, 2.45) is 5.73 Å². The van der Waals surface area contributed by atoms with Crippen molar-refractivity contribution in [1.82, 2.24) is 4.98 Å². The number of thiazole rings is 1. The van der Waals surface area contributed by atoms with Crippen molar-refractivity contribution in [3.8, 4) is 22.1 Å². The van der Waals surface area contributed by atoms with Gasteiger partial charge in [-0.15, -0.1) is 11.3 Å². The lowest BCUT2D eigenvalue weighted by Gasteiger charge is -2.03. The third-order valence-corrected chi connectivity index (χ3v) is 3.97. The summed E-state index contributed by atoms with van der Waals surface area (Å²) in [6, 6.07) is 2.32. The zero-order valence-corrected chi connectivity index (χ0v) is 11.6. The van der Waals surface area contributed by atoms with Gasteiger partial charge in [-0.05, 0) is 12.1 Å². The molecule has 1 atom stereocenters. The summed E-state index contributed by atoms with van der Waals surface area (Å²) in [7, 11) is 0. The molecule has 0 saturated heterocycles. The molecule has 1 aliphatic rings. The van der Waals surface area contributed by atoms with Gasteiger partial charge in [-0.25, -0.2) is 4.98 Å². The zero-order chi connectivity index (χ0) is 14.3. The molecule has 1 aromatic heterocycles. The predicted octanol–water partition coefficient (Wildman–Crippen LogP) is 2.28. The van der Waals surface area contributed by atoms with Gasteiger partial charge in [0, 0.05) is 10.9 Å². The van der Waals surface area contributed by atoms with E-state index in [4.69, 9.17) is 31.9 Å². The van der Waals surface area contributed by atoms with E-state index in [1.807, 2.05) is 0 Å². The summed E-state index contributed by atoms with van der Waals surface area (Å²) < 4.78 is 10.5. The minimum Gasteiger partial charge on any atom is -0.480 e. The summed E-state index contributed by atoms with van der Waals surface area (Å²) >= 11 is 7.39. The Hall–Kier alpha value is -1.83. The highest BCUT2D eigenvalue weighted by molar-refractivity contribution is 7.13. The lowest BCUT2D eigenvalue weighted by atomic mass is 10.2. The van der Waals surface area contributed by atoms with Gasteiger partial charge in [0.1, 0.15) is 11.0 Å². The lowest BCUT2D eigenvalue weighted by Crippen LogP contribution is -2.20. The van der Waals surface area contributed by atoms with Crippen molar-refractivity contribution >= 4 is 28.9 Å². The molecule has 1 aromatic carbocycles. The molecule has 0 amide bonds. The minimum atomic E-state index is -1.13. The van der Waals surface area contributed by atoms with E-state index < -0.39 is 12.0 Å². The van der Waals surface area contributed by atoms with Crippen LogP contribution in [0.1, 0.15) is 11.7 Å². The van der Waals surface area contributed by atoms with Crippen molar-refractivity contribution in [2.45, 2.75) is 6.04 Å². The highest BCUT2D eigenvalue weighted by Gasteiger charge is 2.22. The zero-order valence-electron chi connectivity index (χ0n) is 10.00. The van der Waals surface area contributed by atoms with Crippen LogP contribution in [0.5, 0.6) is 11.5 Å². The van der Waals surface area contributed by atoms with Crippen LogP contribution in [0.3, 0.4) is 0 Å². The molecule has 0 bridgehead atoms. The summed E-state index contributed by atoms with van der Waals surface area (Å²) in [6.07, 6.45) is 0. The summed E-state index contributed by atoms with van der Waals surface area (Å²) in [5.41, 5.74) is 6.56. The summed E-state index contributed by atoms with van der Waals surface area (Å²) in [6.45, 7) is 0.130. The van der Waals surface area contributed by atoms with Gasteiger partial charge in [0.05, 0.1) is 10.7 Å². The maximum Gasteiger partial charge on any atom is 0.326 e. The predicted molar refractivity (Wildman–Crippen MR) is 73.2 cm³/mol. The van der Waals surface area contributed by atoms with Crippen molar-refractivity contribution in [3.63, 3.8) is 0 Å². The van der Waals surface area contributed by atoms with Crippen LogP contribution in [-0.2, 0) is 4.79 Å². The first-order valence-electron chi connectivity index (χ1n) is 5.59. The van der Waals surface area contributed by atoms with Crippen molar-refractivity contribution in [1.29, 1.82) is 0 Å². The molecule has 3 N–H and O–H groups in total. The smallest absolute Gasteiger partial charge is 0.326 e. The van der Waals surface area contributed by atoms with E-state index in [0.717, 1.165) is 5.56 Å². The Morgan fingerprint density at radius 1 is 1.50 bits per heavy atom. The number of halogens is 1. The number of carbonyl (C=O) groups is 1. The minimum absolute atomic E-state index is 0.130. The Balaban J connectivity index is 1.98. The van der Waals surface area contributed by atoms with E-state index in [0.29, 0.717) is 27.2 Å². The van der Waals surface area contributed by atoms with E-state index >= 15 is 0 Å². The fourth-order valence-corrected chi connectivity index (χ4v) is 2.89. The fourth-order valence-electron chi connectivity index (χ4n) is 1.78. The molecule has 2 heterocycles. The second kappa shape index (κ2) is 4.93. The largest absolute Gasteiger partial charge is 0.480 e. The van der Waals surface area contributed by atoms with Gasteiger partial charge in [-0.1, -0.05) is 11.6 Å². The Labute approximate surface area is 122 Å². The van der Waals surface area contributed by atoms with Crippen molar-refractivity contribution in [3.05, 3.63) is 28.2 Å². The van der Waals surface area contributed by atoms with Crippen LogP contribution in [0.4, 0.5) is 0 Å². The molecular formula is C12H9ClN2O4S. The second-order valence-electron chi connectivity index (χ2n) is 4.09. The first-order chi connectivity index (χ1) is 9.56. The van der Waals surface area contributed by atoms with Crippen LogP contribution in [0.15, 0.2) is 17.5 Å². The number of fused-ring (bicyclic) bond motifs is 1. The van der Waals surface area contributed by atoms with Gasteiger partial charge in [0.25, 0.3) is 0 Å². The van der Waals surface area contributed by atoms with Gasteiger partial charge >= 0.3 is 5.97 Å². The molecule has 104 valence electrons. The molecule has 0 aliphatic carbocycles. The average molecular weight is 313 g/mol. The number of hydrogen-bond donors (Lipinski definition) is 2. The van der Waals surface area contributed by atoms with Crippen LogP contribution in [0, 0.1) is 0 Å². The van der Waals surface area contributed by atoms with Crippen molar-refractivity contribution in [2.75, 3.05) is 6.79 Å². The Kier molecular flexibility index (Phi) is 3.25. The average Bonchev–Trinajstić information content (AvgIpc) is 3.06. The molecule has 20 heavy (non-hydrogen) atoms. The Bertz CT molecular complexity index is 688. The molecule has 0 fully saturated rings. The quantitative estimate of drug-likeness (QED) is 0.903. The van der Waals surface area contributed by atoms with Crippen LogP contribution in [0.2, 0.25) is 5.02 Å².